The van der Waals surface area contributed by atoms with Gasteiger partial charge in [-0.05, 0) is 36.4 Å². The quantitative estimate of drug-likeness (QED) is 0.822. The summed E-state index contributed by atoms with van der Waals surface area (Å²) in [6.45, 7) is 3.75. The van der Waals surface area contributed by atoms with Crippen molar-refractivity contribution in [3.05, 3.63) is 16.2 Å². The van der Waals surface area contributed by atoms with E-state index in [1.165, 1.54) is 0 Å². The number of nitrogens with zero attached hydrogens (tertiary/aromatic N) is 2. The van der Waals surface area contributed by atoms with E-state index >= 15 is 0 Å². The Bertz CT molecular complexity index is 234. The third-order valence-electron chi connectivity index (χ3n) is 1.76. The molecule has 0 aliphatic carbocycles. The summed E-state index contributed by atoms with van der Waals surface area (Å²) < 4.78 is 2.86. The predicted octanol–water partition coefficient (Wildman–Crippen LogP) is 1.43. The highest BCUT2D eigenvalue weighted by Crippen LogP contribution is 2.14. The first-order chi connectivity index (χ1) is 5.13. The average Bonchev–Trinajstić information content (AvgIpc) is 2.33. The average molecular weight is 266 g/mol. The molecule has 0 saturated heterocycles. The van der Waals surface area contributed by atoms with Crippen molar-refractivity contribution in [1.29, 1.82) is 0 Å². The second kappa shape index (κ2) is 3.53. The number of hydrogen-bond acceptors (Lipinski definition) is 2. The maximum Gasteiger partial charge on any atom is 0.171 e. The van der Waals surface area contributed by atoms with Crippen LogP contribution in [0, 0.1) is 3.83 Å². The van der Waals surface area contributed by atoms with Crippen molar-refractivity contribution in [2.24, 2.45) is 0 Å². The van der Waals surface area contributed by atoms with Crippen LogP contribution in [0.5, 0.6) is 0 Å². The minimum absolute atomic E-state index is 0.101. The molecule has 2 atom stereocenters. The van der Waals surface area contributed by atoms with Gasteiger partial charge in [0.1, 0.15) is 0 Å². The molecule has 62 valence electrons. The van der Waals surface area contributed by atoms with Crippen LogP contribution >= 0.6 is 22.6 Å². The summed E-state index contributed by atoms with van der Waals surface area (Å²) in [6, 6.07) is 0.101. The van der Waals surface area contributed by atoms with Crippen molar-refractivity contribution in [2.75, 3.05) is 0 Å². The van der Waals surface area contributed by atoms with Crippen LogP contribution in [0.1, 0.15) is 19.9 Å². The molecular weight excluding hydrogens is 255 g/mol. The van der Waals surface area contributed by atoms with Crippen LogP contribution in [0.25, 0.3) is 0 Å². The van der Waals surface area contributed by atoms with Crippen LogP contribution in [0.15, 0.2) is 12.4 Å². The van der Waals surface area contributed by atoms with Gasteiger partial charge in [-0.1, -0.05) is 0 Å². The molecule has 0 bridgehead atoms. The predicted molar refractivity (Wildman–Crippen MR) is 51.3 cm³/mol. The summed E-state index contributed by atoms with van der Waals surface area (Å²) >= 11 is 2.14. The van der Waals surface area contributed by atoms with E-state index in [2.05, 4.69) is 27.6 Å². The molecule has 2 unspecified atom stereocenters. The number of hydrogen-bond donors (Lipinski definition) is 1. The smallest absolute Gasteiger partial charge is 0.171 e. The molecule has 0 aliphatic rings. The molecule has 1 aromatic rings. The van der Waals surface area contributed by atoms with Crippen molar-refractivity contribution >= 4 is 22.6 Å². The third kappa shape index (κ3) is 1.93. The van der Waals surface area contributed by atoms with E-state index in [9.17, 15) is 5.11 Å². The lowest BCUT2D eigenvalue weighted by atomic mass is 10.2. The molecule has 3 nitrogen and oxygen atoms in total. The minimum atomic E-state index is -0.335. The van der Waals surface area contributed by atoms with Crippen molar-refractivity contribution < 1.29 is 5.11 Å². The summed E-state index contributed by atoms with van der Waals surface area (Å²) in [5.74, 6) is 0. The Labute approximate surface area is 79.6 Å². The van der Waals surface area contributed by atoms with Crippen LogP contribution in [0.2, 0.25) is 0 Å². The lowest BCUT2D eigenvalue weighted by molar-refractivity contribution is 0.137. The van der Waals surface area contributed by atoms with Crippen molar-refractivity contribution in [2.45, 2.75) is 26.0 Å². The summed E-state index contributed by atoms with van der Waals surface area (Å²) in [6.07, 6.45) is 3.28. The fraction of sp³-hybridized carbons (Fsp3) is 0.571. The van der Waals surface area contributed by atoms with Gasteiger partial charge in [-0.2, -0.15) is 0 Å². The molecule has 1 N–H and O–H groups in total. The van der Waals surface area contributed by atoms with Crippen molar-refractivity contribution in [3.63, 3.8) is 0 Å². The summed E-state index contributed by atoms with van der Waals surface area (Å²) in [7, 11) is 0. The van der Waals surface area contributed by atoms with Gasteiger partial charge in [-0.25, -0.2) is 4.98 Å². The van der Waals surface area contributed by atoms with Crippen LogP contribution < -0.4 is 0 Å². The lowest BCUT2D eigenvalue weighted by Crippen LogP contribution is -2.18. The highest BCUT2D eigenvalue weighted by molar-refractivity contribution is 14.1. The van der Waals surface area contributed by atoms with Crippen LogP contribution in [-0.4, -0.2) is 20.8 Å². The largest absolute Gasteiger partial charge is 0.391 e. The van der Waals surface area contributed by atoms with E-state index in [1.807, 2.05) is 17.7 Å². The minimum Gasteiger partial charge on any atom is -0.391 e. The van der Waals surface area contributed by atoms with Crippen molar-refractivity contribution in [1.82, 2.24) is 9.55 Å². The Morgan fingerprint density at radius 1 is 1.64 bits per heavy atom. The molecule has 0 fully saturated rings. The fourth-order valence-electron chi connectivity index (χ4n) is 0.831. The van der Waals surface area contributed by atoms with Gasteiger partial charge in [-0.3, -0.25) is 0 Å². The van der Waals surface area contributed by atoms with E-state index in [1.54, 1.807) is 13.1 Å². The van der Waals surface area contributed by atoms with E-state index in [0.717, 1.165) is 3.83 Å². The van der Waals surface area contributed by atoms with Gasteiger partial charge in [0, 0.05) is 12.4 Å². The van der Waals surface area contributed by atoms with E-state index in [4.69, 9.17) is 0 Å². The van der Waals surface area contributed by atoms with Gasteiger partial charge in [0.2, 0.25) is 0 Å². The molecule has 4 heteroatoms. The van der Waals surface area contributed by atoms with Crippen LogP contribution in [0.3, 0.4) is 0 Å². The molecule has 0 aliphatic heterocycles. The molecule has 0 aromatic carbocycles. The first-order valence-electron chi connectivity index (χ1n) is 3.49. The molecule has 0 amide bonds. The fourth-order valence-corrected chi connectivity index (χ4v) is 1.59. The molecule has 1 rings (SSSR count). The maximum absolute atomic E-state index is 9.27. The third-order valence-corrected chi connectivity index (χ3v) is 2.59. The second-order valence-corrected chi connectivity index (χ2v) is 3.55. The first-order valence-corrected chi connectivity index (χ1v) is 4.57. The molecule has 1 aromatic heterocycles. The Morgan fingerprint density at radius 3 is 2.64 bits per heavy atom. The zero-order valence-corrected chi connectivity index (χ0v) is 8.69. The number of aliphatic hydroxyl groups is 1. The van der Waals surface area contributed by atoms with Gasteiger partial charge in [0.15, 0.2) is 3.83 Å². The first kappa shape index (κ1) is 8.99. The van der Waals surface area contributed by atoms with Crippen LogP contribution in [-0.2, 0) is 0 Å². The van der Waals surface area contributed by atoms with Gasteiger partial charge in [0.25, 0.3) is 0 Å². The topological polar surface area (TPSA) is 38.0 Å². The Kier molecular flexibility index (Phi) is 2.89. The standard InChI is InChI=1S/C7H11IN2O/c1-5(6(2)11)10-4-3-9-7(10)8/h3-6,11H,1-2H3. The number of aliphatic hydroxyl groups excluding tert-OH is 1. The van der Waals surface area contributed by atoms with Crippen molar-refractivity contribution in [3.8, 4) is 0 Å². The van der Waals surface area contributed by atoms with E-state index in [-0.39, 0.29) is 12.1 Å². The second-order valence-electron chi connectivity index (χ2n) is 2.58. The van der Waals surface area contributed by atoms with Crippen LogP contribution in [0.4, 0.5) is 0 Å². The monoisotopic (exact) mass is 266 g/mol. The zero-order chi connectivity index (χ0) is 8.43. The Morgan fingerprint density at radius 2 is 2.27 bits per heavy atom. The number of imidazole rings is 1. The maximum atomic E-state index is 9.27. The van der Waals surface area contributed by atoms with E-state index in [0.29, 0.717) is 0 Å². The molecular formula is C7H11IN2O. The lowest BCUT2D eigenvalue weighted by Gasteiger charge is -2.16. The van der Waals surface area contributed by atoms with Gasteiger partial charge in [0.05, 0.1) is 12.1 Å². The van der Waals surface area contributed by atoms with Gasteiger partial charge >= 0.3 is 0 Å². The normalized spacial score (nSPS) is 16.4. The number of halogens is 1. The highest BCUT2D eigenvalue weighted by Gasteiger charge is 2.12. The van der Waals surface area contributed by atoms with Gasteiger partial charge < -0.3 is 9.67 Å². The highest BCUT2D eigenvalue weighted by atomic mass is 127. The SMILES string of the molecule is CC(O)C(C)n1ccnc1I. The molecule has 1 heterocycles. The number of aromatic nitrogens is 2. The molecule has 0 saturated carbocycles. The summed E-state index contributed by atoms with van der Waals surface area (Å²) in [4.78, 5) is 4.06. The van der Waals surface area contributed by atoms with Gasteiger partial charge in [-0.15, -0.1) is 0 Å². The Balaban J connectivity index is 2.84. The zero-order valence-electron chi connectivity index (χ0n) is 6.53. The summed E-state index contributed by atoms with van der Waals surface area (Å²) in [5, 5.41) is 9.27. The number of rotatable bonds is 2. The molecule has 0 spiro atoms. The van der Waals surface area contributed by atoms with E-state index < -0.39 is 0 Å². The summed E-state index contributed by atoms with van der Waals surface area (Å²) in [5.41, 5.74) is 0. The molecule has 0 radical (unpaired) electrons. The molecule has 11 heavy (non-hydrogen) atoms. The Hall–Kier alpha value is -0.100.